The van der Waals surface area contributed by atoms with Gasteiger partial charge in [0.05, 0.1) is 27.7 Å². The molecule has 0 radical (unpaired) electrons. The summed E-state index contributed by atoms with van der Waals surface area (Å²) in [6, 6.07) is 9.63. The van der Waals surface area contributed by atoms with Gasteiger partial charge >= 0.3 is 5.97 Å². The van der Waals surface area contributed by atoms with Crippen molar-refractivity contribution < 1.29 is 13.9 Å². The summed E-state index contributed by atoms with van der Waals surface area (Å²) in [4.78, 5) is 19.2. The third-order valence-corrected chi connectivity index (χ3v) is 3.55. The van der Waals surface area contributed by atoms with Gasteiger partial charge in [0, 0.05) is 11.6 Å². The van der Waals surface area contributed by atoms with E-state index in [1.54, 1.807) is 38.1 Å². The van der Waals surface area contributed by atoms with Gasteiger partial charge in [0.25, 0.3) is 0 Å². The minimum absolute atomic E-state index is 0.0299. The van der Waals surface area contributed by atoms with E-state index in [2.05, 4.69) is 9.97 Å². The second-order valence-electron chi connectivity index (χ2n) is 5.40. The molecule has 2 aromatic carbocycles. The number of carbonyl (C=O) groups is 1. The van der Waals surface area contributed by atoms with Crippen molar-refractivity contribution in [3.8, 4) is 11.4 Å². The minimum Gasteiger partial charge on any atom is -0.459 e. The molecule has 0 saturated carbocycles. The summed E-state index contributed by atoms with van der Waals surface area (Å²) in [5.74, 6) is -0.295. The smallest absolute Gasteiger partial charge is 0.338 e. The average molecular weight is 333 g/mol. The predicted octanol–water partition coefficient (Wildman–Crippen LogP) is 4.59. The molecule has 3 aromatic rings. The van der Waals surface area contributed by atoms with Crippen LogP contribution in [0.25, 0.3) is 22.4 Å². The molecular formula is C17H14ClFN2O2. The molecule has 0 saturated heterocycles. The molecule has 0 aliphatic rings. The maximum absolute atomic E-state index is 13.5. The molecule has 1 heterocycles. The molecule has 0 atom stereocenters. The Balaban J connectivity index is 1.91. The fraction of sp³-hybridized carbons (Fsp3) is 0.176. The van der Waals surface area contributed by atoms with Crippen LogP contribution in [-0.4, -0.2) is 22.0 Å². The van der Waals surface area contributed by atoms with E-state index in [1.807, 2.05) is 0 Å². The van der Waals surface area contributed by atoms with Gasteiger partial charge in [-0.1, -0.05) is 23.7 Å². The van der Waals surface area contributed by atoms with Gasteiger partial charge < -0.3 is 9.72 Å². The second kappa shape index (κ2) is 6.01. The first-order valence-corrected chi connectivity index (χ1v) is 7.48. The maximum Gasteiger partial charge on any atom is 0.338 e. The molecule has 118 valence electrons. The number of carbonyl (C=O) groups excluding carboxylic acids is 1. The number of nitrogens with one attached hydrogen (secondary N) is 1. The van der Waals surface area contributed by atoms with Crippen LogP contribution < -0.4 is 0 Å². The molecule has 1 N–H and O–H groups in total. The molecule has 23 heavy (non-hydrogen) atoms. The zero-order valence-electron chi connectivity index (χ0n) is 12.6. The number of ether oxygens (including phenoxy) is 1. The molecule has 0 aliphatic carbocycles. The summed E-state index contributed by atoms with van der Waals surface area (Å²) < 4.78 is 18.6. The highest BCUT2D eigenvalue weighted by Crippen LogP contribution is 2.25. The first-order chi connectivity index (χ1) is 10.9. The van der Waals surface area contributed by atoms with E-state index in [-0.39, 0.29) is 17.1 Å². The second-order valence-corrected chi connectivity index (χ2v) is 5.81. The Morgan fingerprint density at radius 3 is 2.61 bits per heavy atom. The van der Waals surface area contributed by atoms with Crippen molar-refractivity contribution in [2.24, 2.45) is 0 Å². The van der Waals surface area contributed by atoms with Gasteiger partial charge in [0.2, 0.25) is 0 Å². The Morgan fingerprint density at radius 1 is 1.26 bits per heavy atom. The van der Waals surface area contributed by atoms with Crippen molar-refractivity contribution in [2.75, 3.05) is 0 Å². The van der Waals surface area contributed by atoms with Gasteiger partial charge in [-0.05, 0) is 32.0 Å². The Labute approximate surface area is 137 Å². The minimum atomic E-state index is -0.499. The van der Waals surface area contributed by atoms with Crippen LogP contribution in [0.2, 0.25) is 5.02 Å². The molecule has 3 rings (SSSR count). The van der Waals surface area contributed by atoms with Crippen LogP contribution in [0.5, 0.6) is 0 Å². The number of hydrogen-bond donors (Lipinski definition) is 1. The van der Waals surface area contributed by atoms with Crippen molar-refractivity contribution in [1.29, 1.82) is 0 Å². The molecule has 1 aromatic heterocycles. The van der Waals surface area contributed by atoms with Crippen LogP contribution >= 0.6 is 11.6 Å². The van der Waals surface area contributed by atoms with Gasteiger partial charge in [-0.15, -0.1) is 0 Å². The molecule has 0 amide bonds. The fourth-order valence-electron chi connectivity index (χ4n) is 2.19. The molecule has 6 heteroatoms. The summed E-state index contributed by atoms with van der Waals surface area (Å²) in [6.07, 6.45) is -0.169. The van der Waals surface area contributed by atoms with E-state index < -0.39 is 5.82 Å². The van der Waals surface area contributed by atoms with Crippen LogP contribution in [0.1, 0.15) is 24.2 Å². The van der Waals surface area contributed by atoms with Crippen LogP contribution in [0.3, 0.4) is 0 Å². The summed E-state index contributed by atoms with van der Waals surface area (Å²) in [5, 5.41) is 0.0299. The Hall–Kier alpha value is -2.40. The number of aromatic nitrogens is 2. The Bertz CT molecular complexity index is 833. The van der Waals surface area contributed by atoms with Crippen LogP contribution in [0, 0.1) is 5.82 Å². The number of benzene rings is 2. The van der Waals surface area contributed by atoms with E-state index in [1.165, 1.54) is 12.1 Å². The van der Waals surface area contributed by atoms with E-state index in [9.17, 15) is 9.18 Å². The molecule has 0 aliphatic heterocycles. The molecule has 0 spiro atoms. The number of fused-ring (bicyclic) bond motifs is 1. The molecule has 4 nitrogen and oxygen atoms in total. The SMILES string of the molecule is CC(C)OC(=O)c1ccc(-c2nc3cc(Cl)c(F)cc3[nH]2)cc1. The van der Waals surface area contributed by atoms with E-state index in [4.69, 9.17) is 16.3 Å². The van der Waals surface area contributed by atoms with E-state index in [0.717, 1.165) is 5.56 Å². The Morgan fingerprint density at radius 2 is 1.96 bits per heavy atom. The first-order valence-electron chi connectivity index (χ1n) is 7.10. The van der Waals surface area contributed by atoms with Crippen LogP contribution in [0.15, 0.2) is 36.4 Å². The number of nitrogens with zero attached hydrogens (tertiary/aromatic N) is 1. The number of halogens is 2. The third kappa shape index (κ3) is 3.19. The van der Waals surface area contributed by atoms with Crippen LogP contribution in [-0.2, 0) is 4.74 Å². The summed E-state index contributed by atoms with van der Waals surface area (Å²) in [6.45, 7) is 3.59. The summed E-state index contributed by atoms with van der Waals surface area (Å²) >= 11 is 5.76. The van der Waals surface area contributed by atoms with E-state index in [0.29, 0.717) is 22.4 Å². The molecule has 0 bridgehead atoms. The average Bonchev–Trinajstić information content (AvgIpc) is 2.90. The fourth-order valence-corrected chi connectivity index (χ4v) is 2.35. The van der Waals surface area contributed by atoms with Gasteiger partial charge in [0.15, 0.2) is 0 Å². The summed E-state index contributed by atoms with van der Waals surface area (Å²) in [7, 11) is 0. The lowest BCUT2D eigenvalue weighted by Gasteiger charge is -2.07. The maximum atomic E-state index is 13.5. The first kappa shape index (κ1) is 15.5. The van der Waals surface area contributed by atoms with Crippen molar-refractivity contribution in [3.05, 3.63) is 52.8 Å². The lowest BCUT2D eigenvalue weighted by molar-refractivity contribution is 0.0378. The third-order valence-electron chi connectivity index (χ3n) is 3.26. The predicted molar refractivity (Wildman–Crippen MR) is 87.0 cm³/mol. The van der Waals surface area contributed by atoms with Crippen molar-refractivity contribution >= 4 is 28.6 Å². The van der Waals surface area contributed by atoms with Crippen molar-refractivity contribution in [3.63, 3.8) is 0 Å². The zero-order chi connectivity index (χ0) is 16.6. The van der Waals surface area contributed by atoms with Gasteiger partial charge in [-0.2, -0.15) is 0 Å². The number of rotatable bonds is 3. The van der Waals surface area contributed by atoms with Gasteiger partial charge in [-0.25, -0.2) is 14.2 Å². The summed E-state index contributed by atoms with van der Waals surface area (Å²) in [5.41, 5.74) is 2.38. The number of imidazole rings is 1. The van der Waals surface area contributed by atoms with Gasteiger partial charge in [0.1, 0.15) is 11.6 Å². The standard InChI is InChI=1S/C17H14ClFN2O2/c1-9(2)23-17(22)11-5-3-10(4-6-11)16-20-14-7-12(18)13(19)8-15(14)21-16/h3-9H,1-2H3,(H,20,21). The molecule has 0 unspecified atom stereocenters. The lowest BCUT2D eigenvalue weighted by atomic mass is 10.1. The highest BCUT2D eigenvalue weighted by atomic mass is 35.5. The normalized spacial score (nSPS) is 11.2. The van der Waals surface area contributed by atoms with Crippen molar-refractivity contribution in [2.45, 2.75) is 20.0 Å². The lowest BCUT2D eigenvalue weighted by Crippen LogP contribution is -2.11. The highest BCUT2D eigenvalue weighted by molar-refractivity contribution is 6.31. The van der Waals surface area contributed by atoms with E-state index >= 15 is 0 Å². The number of hydrogen-bond acceptors (Lipinski definition) is 3. The molecule has 0 fully saturated rings. The quantitative estimate of drug-likeness (QED) is 0.714. The molecular weight excluding hydrogens is 319 g/mol. The number of H-pyrrole nitrogens is 1. The monoisotopic (exact) mass is 332 g/mol. The van der Waals surface area contributed by atoms with Crippen molar-refractivity contribution in [1.82, 2.24) is 9.97 Å². The number of aromatic amines is 1. The Kier molecular flexibility index (Phi) is 4.05. The largest absolute Gasteiger partial charge is 0.459 e. The topological polar surface area (TPSA) is 55.0 Å². The zero-order valence-corrected chi connectivity index (χ0v) is 13.3. The number of esters is 1. The van der Waals surface area contributed by atoms with Crippen LogP contribution in [0.4, 0.5) is 4.39 Å². The van der Waals surface area contributed by atoms with Gasteiger partial charge in [-0.3, -0.25) is 0 Å². The highest BCUT2D eigenvalue weighted by Gasteiger charge is 2.12.